The van der Waals surface area contributed by atoms with Crippen LogP contribution in [-0.2, 0) is 0 Å². The van der Waals surface area contributed by atoms with Gasteiger partial charge in [-0.25, -0.2) is 13.6 Å². The van der Waals surface area contributed by atoms with Crippen molar-refractivity contribution >= 4 is 28.0 Å². The zero-order valence-corrected chi connectivity index (χ0v) is 9.80. The van der Waals surface area contributed by atoms with E-state index >= 15 is 0 Å². The van der Waals surface area contributed by atoms with E-state index in [1.54, 1.807) is 6.08 Å². The highest BCUT2D eigenvalue weighted by molar-refractivity contribution is 9.09. The van der Waals surface area contributed by atoms with Gasteiger partial charge in [0.25, 0.3) is 0 Å². The fourth-order valence-electron chi connectivity index (χ4n) is 1.17. The predicted octanol–water partition coefficient (Wildman–Crippen LogP) is 3.46. The minimum absolute atomic E-state index is 0.0692. The van der Waals surface area contributed by atoms with Crippen molar-refractivity contribution in [1.29, 1.82) is 0 Å². The van der Waals surface area contributed by atoms with Gasteiger partial charge < -0.3 is 5.11 Å². The minimum atomic E-state index is -1.61. The highest BCUT2D eigenvalue weighted by Crippen LogP contribution is 2.18. The second kappa shape index (κ2) is 5.75. The van der Waals surface area contributed by atoms with Gasteiger partial charge in [-0.2, -0.15) is 0 Å². The summed E-state index contributed by atoms with van der Waals surface area (Å²) in [4.78, 5) is 10.6. The Hall–Kier alpha value is -1.23. The van der Waals surface area contributed by atoms with Gasteiger partial charge in [0.05, 0.1) is 0 Å². The normalized spacial score (nSPS) is 10.9. The van der Waals surface area contributed by atoms with Gasteiger partial charge >= 0.3 is 5.97 Å². The third-order valence-corrected chi connectivity index (χ3v) is 2.37. The first-order chi connectivity index (χ1) is 7.57. The molecule has 1 rings (SSSR count). The number of halogens is 3. The molecule has 1 aromatic carbocycles. The van der Waals surface area contributed by atoms with Crippen molar-refractivity contribution in [2.24, 2.45) is 0 Å². The number of allylic oxidation sites excluding steroid dienone is 1. The summed E-state index contributed by atoms with van der Waals surface area (Å²) in [6.07, 6.45) is 3.79. The van der Waals surface area contributed by atoms with Crippen LogP contribution >= 0.6 is 15.9 Å². The number of hydrogen-bond acceptors (Lipinski definition) is 1. The van der Waals surface area contributed by atoms with Gasteiger partial charge in [-0.3, -0.25) is 0 Å². The molecule has 2 nitrogen and oxygen atoms in total. The Balaban J connectivity index is 3.13. The quantitative estimate of drug-likeness (QED) is 0.863. The highest BCUT2D eigenvalue weighted by Gasteiger charge is 2.18. The van der Waals surface area contributed by atoms with Crippen LogP contribution < -0.4 is 0 Å². The van der Waals surface area contributed by atoms with Crippen molar-refractivity contribution < 1.29 is 18.7 Å². The largest absolute Gasteiger partial charge is 0.477 e. The van der Waals surface area contributed by atoms with Crippen molar-refractivity contribution in [3.05, 3.63) is 41.0 Å². The first-order valence-corrected chi connectivity index (χ1v) is 5.64. The van der Waals surface area contributed by atoms with Crippen LogP contribution in [0, 0.1) is 11.6 Å². The summed E-state index contributed by atoms with van der Waals surface area (Å²) in [5.74, 6) is -3.72. The number of benzene rings is 1. The Morgan fingerprint density at radius 2 is 2.12 bits per heavy atom. The monoisotopic (exact) mass is 290 g/mol. The van der Waals surface area contributed by atoms with Gasteiger partial charge in [0.2, 0.25) is 0 Å². The smallest absolute Gasteiger partial charge is 0.341 e. The summed E-state index contributed by atoms with van der Waals surface area (Å²) in [7, 11) is 0. The van der Waals surface area contributed by atoms with Gasteiger partial charge in [0.1, 0.15) is 17.2 Å². The van der Waals surface area contributed by atoms with E-state index in [-0.39, 0.29) is 5.56 Å². The number of alkyl halides is 1. The molecule has 0 saturated carbocycles. The van der Waals surface area contributed by atoms with Crippen LogP contribution in [0.4, 0.5) is 8.78 Å². The van der Waals surface area contributed by atoms with Crippen molar-refractivity contribution in [3.8, 4) is 0 Å². The Kier molecular flexibility index (Phi) is 4.61. The molecule has 0 fully saturated rings. The second-order valence-corrected chi connectivity index (χ2v) is 3.80. The molecular formula is C11H9BrF2O2. The van der Waals surface area contributed by atoms with E-state index in [0.717, 1.165) is 11.4 Å². The lowest BCUT2D eigenvalue weighted by Crippen LogP contribution is -2.05. The van der Waals surface area contributed by atoms with Crippen molar-refractivity contribution in [3.63, 3.8) is 0 Å². The molecule has 0 aromatic heterocycles. The Morgan fingerprint density at radius 3 is 2.69 bits per heavy atom. The van der Waals surface area contributed by atoms with Crippen LogP contribution in [0.2, 0.25) is 0 Å². The van der Waals surface area contributed by atoms with Crippen molar-refractivity contribution in [2.75, 3.05) is 5.33 Å². The maximum absolute atomic E-state index is 13.5. The van der Waals surface area contributed by atoms with Crippen LogP contribution in [0.5, 0.6) is 0 Å². The number of aromatic carboxylic acids is 1. The lowest BCUT2D eigenvalue weighted by Gasteiger charge is -2.02. The first kappa shape index (κ1) is 12.8. The van der Waals surface area contributed by atoms with Gasteiger partial charge in [0.15, 0.2) is 0 Å². The van der Waals surface area contributed by atoms with Gasteiger partial charge in [0, 0.05) is 10.9 Å². The fourth-order valence-corrected chi connectivity index (χ4v) is 1.43. The van der Waals surface area contributed by atoms with E-state index in [9.17, 15) is 13.6 Å². The fraction of sp³-hybridized carbons (Fsp3) is 0.182. The number of carboxylic acid groups (broad SMARTS) is 1. The Morgan fingerprint density at radius 1 is 1.44 bits per heavy atom. The molecule has 0 heterocycles. The zero-order chi connectivity index (χ0) is 12.1. The molecular weight excluding hydrogens is 282 g/mol. The molecule has 1 N–H and O–H groups in total. The summed E-state index contributed by atoms with van der Waals surface area (Å²) in [5.41, 5.74) is -0.847. The molecule has 0 saturated heterocycles. The first-order valence-electron chi connectivity index (χ1n) is 4.51. The van der Waals surface area contributed by atoms with Gasteiger partial charge in [-0.15, -0.1) is 0 Å². The molecule has 0 bridgehead atoms. The number of hydrogen-bond donors (Lipinski definition) is 1. The molecule has 16 heavy (non-hydrogen) atoms. The Bertz CT molecular complexity index is 430. The van der Waals surface area contributed by atoms with Crippen LogP contribution in [0.3, 0.4) is 0 Å². The van der Waals surface area contributed by atoms with E-state index in [2.05, 4.69) is 15.9 Å². The molecule has 0 aliphatic rings. The van der Waals surface area contributed by atoms with Gasteiger partial charge in [-0.1, -0.05) is 28.1 Å². The molecule has 5 heteroatoms. The molecule has 0 amide bonds. The number of rotatable bonds is 4. The van der Waals surface area contributed by atoms with E-state index in [1.807, 2.05) is 0 Å². The third-order valence-electron chi connectivity index (χ3n) is 1.91. The molecule has 0 atom stereocenters. The molecule has 1 aromatic rings. The lowest BCUT2D eigenvalue weighted by molar-refractivity contribution is 0.0686. The topological polar surface area (TPSA) is 37.3 Å². The molecule has 0 radical (unpaired) electrons. The van der Waals surface area contributed by atoms with E-state index in [4.69, 9.17) is 5.11 Å². The van der Waals surface area contributed by atoms with Crippen molar-refractivity contribution in [1.82, 2.24) is 0 Å². The zero-order valence-electron chi connectivity index (χ0n) is 8.21. The summed E-state index contributed by atoms with van der Waals surface area (Å²) in [6, 6.07) is 2.15. The molecule has 0 spiro atoms. The van der Waals surface area contributed by atoms with Crippen molar-refractivity contribution in [2.45, 2.75) is 6.42 Å². The third kappa shape index (κ3) is 2.88. The van der Waals surface area contributed by atoms with E-state index in [1.165, 1.54) is 12.1 Å². The SMILES string of the molecule is O=C(O)c1c(F)ccc(C=CCCBr)c1F. The highest BCUT2D eigenvalue weighted by atomic mass is 79.9. The average Bonchev–Trinajstić information content (AvgIpc) is 2.21. The molecule has 86 valence electrons. The average molecular weight is 291 g/mol. The van der Waals surface area contributed by atoms with E-state index in [0.29, 0.717) is 6.42 Å². The maximum Gasteiger partial charge on any atom is 0.341 e. The number of carbonyl (C=O) groups is 1. The predicted molar refractivity (Wildman–Crippen MR) is 60.8 cm³/mol. The molecule has 0 aliphatic heterocycles. The Labute approximate surface area is 99.7 Å². The molecule has 0 unspecified atom stereocenters. The number of carboxylic acids is 1. The summed E-state index contributed by atoms with van der Waals surface area (Å²) < 4.78 is 26.5. The summed E-state index contributed by atoms with van der Waals surface area (Å²) in [6.45, 7) is 0. The van der Waals surface area contributed by atoms with Crippen LogP contribution in [-0.4, -0.2) is 16.4 Å². The van der Waals surface area contributed by atoms with Crippen LogP contribution in [0.1, 0.15) is 22.3 Å². The second-order valence-electron chi connectivity index (χ2n) is 3.01. The maximum atomic E-state index is 13.5. The standard InChI is InChI=1S/C11H9BrF2O2/c12-6-2-1-3-7-4-5-8(13)9(10(7)14)11(15)16/h1,3-5H,2,6H2,(H,15,16). The lowest BCUT2D eigenvalue weighted by atomic mass is 10.1. The van der Waals surface area contributed by atoms with Gasteiger partial charge in [-0.05, 0) is 18.6 Å². The summed E-state index contributed by atoms with van der Waals surface area (Å²) in [5, 5.41) is 9.35. The summed E-state index contributed by atoms with van der Waals surface area (Å²) >= 11 is 3.19. The minimum Gasteiger partial charge on any atom is -0.477 e. The van der Waals surface area contributed by atoms with Crippen LogP contribution in [0.25, 0.3) is 6.08 Å². The van der Waals surface area contributed by atoms with E-state index < -0.39 is 23.2 Å². The molecule has 0 aliphatic carbocycles. The van der Waals surface area contributed by atoms with Crippen LogP contribution in [0.15, 0.2) is 18.2 Å².